The molecule has 0 fully saturated rings. The van der Waals surface area contributed by atoms with Crippen LogP contribution in [0.2, 0.25) is 19.6 Å². The monoisotopic (exact) mass is 327 g/mol. The van der Waals surface area contributed by atoms with Gasteiger partial charge in [0.15, 0.2) is 0 Å². The molecule has 23 heavy (non-hydrogen) atoms. The highest BCUT2D eigenvalue weighted by atomic mass is 28.3. The second-order valence-corrected chi connectivity index (χ2v) is 12.4. The van der Waals surface area contributed by atoms with Gasteiger partial charge in [-0.15, -0.1) is 0 Å². The zero-order valence-electron chi connectivity index (χ0n) is 15.4. The molecule has 2 rings (SSSR count). The second kappa shape index (κ2) is 6.87. The number of allylic oxidation sites excluding steroid dienone is 8. The molecule has 2 aliphatic rings. The first-order chi connectivity index (χ1) is 10.8. The Kier molecular flexibility index (Phi) is 5.30. The largest absolute Gasteiger partial charge is 0.339 e. The Labute approximate surface area is 142 Å². The number of rotatable bonds is 4. The SMILES string of the molecule is CCN(CC)C(=O)C1=C(C)C=CC2=CC=C([Si](C)(C)C)C=C1C2. The van der Waals surface area contributed by atoms with E-state index in [1.807, 2.05) is 18.7 Å². The second-order valence-electron chi connectivity index (χ2n) is 7.33. The molecule has 2 bridgehead atoms. The van der Waals surface area contributed by atoms with Crippen molar-refractivity contribution in [1.29, 1.82) is 0 Å². The molecule has 0 spiro atoms. The zero-order chi connectivity index (χ0) is 17.2. The Balaban J connectivity index is 2.57. The van der Waals surface area contributed by atoms with Gasteiger partial charge in [0.2, 0.25) is 0 Å². The average Bonchev–Trinajstić information content (AvgIpc) is 2.77. The van der Waals surface area contributed by atoms with E-state index >= 15 is 0 Å². The third-order valence-electron chi connectivity index (χ3n) is 4.59. The number of carbonyl (C=O) groups is 1. The van der Waals surface area contributed by atoms with Crippen molar-refractivity contribution < 1.29 is 4.79 Å². The summed E-state index contributed by atoms with van der Waals surface area (Å²) in [5.41, 5.74) is 4.45. The minimum atomic E-state index is -1.43. The predicted molar refractivity (Wildman–Crippen MR) is 102 cm³/mol. The number of fused-ring (bicyclic) bond motifs is 2. The van der Waals surface area contributed by atoms with E-state index in [0.717, 1.165) is 30.7 Å². The van der Waals surface area contributed by atoms with E-state index in [9.17, 15) is 4.79 Å². The van der Waals surface area contributed by atoms with Gasteiger partial charge in [-0.3, -0.25) is 4.79 Å². The molecule has 2 nitrogen and oxygen atoms in total. The maximum Gasteiger partial charge on any atom is 0.254 e. The summed E-state index contributed by atoms with van der Waals surface area (Å²) in [4.78, 5) is 15.0. The molecule has 0 aromatic carbocycles. The maximum absolute atomic E-state index is 13.1. The molecule has 0 aromatic heterocycles. The van der Waals surface area contributed by atoms with E-state index in [1.54, 1.807) is 0 Å². The minimum absolute atomic E-state index is 0.168. The number of hydrogen-bond donors (Lipinski definition) is 0. The molecule has 0 N–H and O–H groups in total. The summed E-state index contributed by atoms with van der Waals surface area (Å²) in [6.07, 6.45) is 11.9. The van der Waals surface area contributed by atoms with Crippen LogP contribution in [0.4, 0.5) is 0 Å². The van der Waals surface area contributed by atoms with Gasteiger partial charge in [0.05, 0.1) is 8.07 Å². The fourth-order valence-electron chi connectivity index (χ4n) is 3.05. The highest BCUT2D eigenvalue weighted by Crippen LogP contribution is 2.33. The Morgan fingerprint density at radius 1 is 1.13 bits per heavy atom. The molecule has 0 aliphatic heterocycles. The highest BCUT2D eigenvalue weighted by molar-refractivity contribution is 6.83. The Morgan fingerprint density at radius 2 is 1.78 bits per heavy atom. The molecule has 0 heterocycles. The Hall–Kier alpha value is -1.61. The summed E-state index contributed by atoms with van der Waals surface area (Å²) < 4.78 is 0. The summed E-state index contributed by atoms with van der Waals surface area (Å²) in [5, 5.41) is 1.41. The molecular weight excluding hydrogens is 298 g/mol. The Morgan fingerprint density at radius 3 is 2.35 bits per heavy atom. The van der Waals surface area contributed by atoms with Gasteiger partial charge in [-0.05, 0) is 43.9 Å². The predicted octanol–water partition coefficient (Wildman–Crippen LogP) is 4.80. The lowest BCUT2D eigenvalue weighted by Crippen LogP contribution is -2.33. The van der Waals surface area contributed by atoms with Crippen LogP contribution in [0, 0.1) is 0 Å². The molecule has 2 aliphatic carbocycles. The summed E-state index contributed by atoms with van der Waals surface area (Å²) in [7, 11) is -1.43. The molecule has 0 atom stereocenters. The van der Waals surface area contributed by atoms with Gasteiger partial charge in [0.25, 0.3) is 5.91 Å². The van der Waals surface area contributed by atoms with Crippen LogP contribution in [-0.2, 0) is 4.79 Å². The van der Waals surface area contributed by atoms with Crippen LogP contribution in [0.5, 0.6) is 0 Å². The van der Waals surface area contributed by atoms with Crippen molar-refractivity contribution in [3.63, 3.8) is 0 Å². The van der Waals surface area contributed by atoms with Crippen LogP contribution in [0.15, 0.2) is 57.9 Å². The maximum atomic E-state index is 13.1. The van der Waals surface area contributed by atoms with Crippen molar-refractivity contribution in [2.45, 2.75) is 46.8 Å². The zero-order valence-corrected chi connectivity index (χ0v) is 16.4. The van der Waals surface area contributed by atoms with Crippen LogP contribution in [-0.4, -0.2) is 32.0 Å². The van der Waals surface area contributed by atoms with Crippen LogP contribution in [0.1, 0.15) is 27.2 Å². The fraction of sp³-hybridized carbons (Fsp3) is 0.450. The number of amides is 1. The van der Waals surface area contributed by atoms with Crippen molar-refractivity contribution in [2.75, 3.05) is 13.1 Å². The summed E-state index contributed by atoms with van der Waals surface area (Å²) in [5.74, 6) is 0.168. The van der Waals surface area contributed by atoms with Gasteiger partial charge in [0.1, 0.15) is 0 Å². The van der Waals surface area contributed by atoms with Gasteiger partial charge in [0, 0.05) is 18.7 Å². The van der Waals surface area contributed by atoms with E-state index < -0.39 is 8.07 Å². The van der Waals surface area contributed by atoms with Crippen molar-refractivity contribution >= 4 is 14.0 Å². The van der Waals surface area contributed by atoms with Gasteiger partial charge in [-0.1, -0.05) is 55.2 Å². The van der Waals surface area contributed by atoms with Gasteiger partial charge < -0.3 is 4.90 Å². The molecule has 0 unspecified atom stereocenters. The smallest absolute Gasteiger partial charge is 0.254 e. The van der Waals surface area contributed by atoms with E-state index in [4.69, 9.17) is 0 Å². The van der Waals surface area contributed by atoms with Gasteiger partial charge in [-0.25, -0.2) is 0 Å². The number of nitrogens with zero attached hydrogens (tertiary/aromatic N) is 1. The third kappa shape index (κ3) is 3.84. The van der Waals surface area contributed by atoms with E-state index in [0.29, 0.717) is 0 Å². The summed E-state index contributed by atoms with van der Waals surface area (Å²) in [6, 6.07) is 0. The number of likely N-dealkylation sites (N-methyl/N-ethyl adjacent to an activating group) is 1. The molecular formula is C20H29NOSi. The van der Waals surface area contributed by atoms with E-state index in [1.165, 1.54) is 16.3 Å². The minimum Gasteiger partial charge on any atom is -0.339 e. The first-order valence-corrected chi connectivity index (χ1v) is 12.1. The molecule has 1 amide bonds. The van der Waals surface area contributed by atoms with Crippen LogP contribution >= 0.6 is 0 Å². The van der Waals surface area contributed by atoms with Crippen molar-refractivity contribution in [3.8, 4) is 0 Å². The van der Waals surface area contributed by atoms with E-state index in [2.05, 4.69) is 56.9 Å². The lowest BCUT2D eigenvalue weighted by Gasteiger charge is -2.24. The molecule has 0 aromatic rings. The number of hydrogen-bond acceptors (Lipinski definition) is 1. The van der Waals surface area contributed by atoms with Crippen LogP contribution in [0.3, 0.4) is 0 Å². The first kappa shape index (κ1) is 17.7. The quantitative estimate of drug-likeness (QED) is 0.679. The summed E-state index contributed by atoms with van der Waals surface area (Å²) in [6.45, 7) is 14.7. The first-order valence-electron chi connectivity index (χ1n) is 8.58. The van der Waals surface area contributed by atoms with Crippen molar-refractivity contribution in [2.24, 2.45) is 0 Å². The molecule has 124 valence electrons. The van der Waals surface area contributed by atoms with Crippen molar-refractivity contribution in [3.05, 3.63) is 57.9 Å². The molecule has 0 saturated carbocycles. The summed E-state index contributed by atoms with van der Waals surface area (Å²) >= 11 is 0. The van der Waals surface area contributed by atoms with Crippen LogP contribution in [0.25, 0.3) is 0 Å². The molecule has 3 heteroatoms. The Bertz CT molecular complexity index is 650. The van der Waals surface area contributed by atoms with Crippen molar-refractivity contribution in [1.82, 2.24) is 4.90 Å². The highest BCUT2D eigenvalue weighted by Gasteiger charge is 2.26. The lowest BCUT2D eigenvalue weighted by atomic mass is 9.96. The third-order valence-corrected chi connectivity index (χ3v) is 6.64. The van der Waals surface area contributed by atoms with Gasteiger partial charge >= 0.3 is 0 Å². The lowest BCUT2D eigenvalue weighted by molar-refractivity contribution is -0.126. The number of carbonyl (C=O) groups excluding carboxylic acids is 1. The fourth-order valence-corrected chi connectivity index (χ4v) is 4.24. The normalized spacial score (nSPS) is 17.9. The average molecular weight is 328 g/mol. The topological polar surface area (TPSA) is 20.3 Å². The molecule has 0 radical (unpaired) electrons. The van der Waals surface area contributed by atoms with E-state index in [-0.39, 0.29) is 5.91 Å². The standard InChI is InChI=1S/C20H29NOSi/c1-7-21(8-2)20(22)19-15(3)9-10-16-11-12-18(23(4,5)6)14-17(19)13-16/h9-12,14H,7-8,13H2,1-6H3. The van der Waals surface area contributed by atoms with Crippen LogP contribution < -0.4 is 0 Å². The van der Waals surface area contributed by atoms with Gasteiger partial charge in [-0.2, -0.15) is 0 Å². The molecule has 0 saturated heterocycles.